The van der Waals surface area contributed by atoms with Gasteiger partial charge in [0.25, 0.3) is 11.8 Å². The van der Waals surface area contributed by atoms with Crippen LogP contribution in [0.3, 0.4) is 0 Å². The number of aryl methyl sites for hydroxylation is 2. The van der Waals surface area contributed by atoms with Crippen molar-refractivity contribution in [1.82, 2.24) is 20.6 Å². The zero-order chi connectivity index (χ0) is 37.5. The Labute approximate surface area is 295 Å². The molecule has 0 aliphatic carbocycles. The van der Waals surface area contributed by atoms with Gasteiger partial charge in [0.1, 0.15) is 41.8 Å². The molecule has 0 aliphatic heterocycles. The number of halogens is 1. The number of carboxylic acid groups (broad SMARTS) is 2. The monoisotopic (exact) mass is 706 g/mol. The van der Waals surface area contributed by atoms with E-state index in [2.05, 4.69) is 20.6 Å². The number of nitrogens with zero attached hydrogens (tertiary/aromatic N) is 2. The van der Waals surface area contributed by atoms with E-state index in [0.29, 0.717) is 39.1 Å². The maximum Gasteiger partial charge on any atom is 0.322 e. The molecule has 0 aliphatic rings. The maximum absolute atomic E-state index is 13.0. The second-order valence-corrected chi connectivity index (χ2v) is 11.4. The van der Waals surface area contributed by atoms with E-state index in [1.165, 1.54) is 24.3 Å². The summed E-state index contributed by atoms with van der Waals surface area (Å²) in [5.41, 5.74) is 2.08. The lowest BCUT2D eigenvalue weighted by Crippen LogP contribution is -2.30. The van der Waals surface area contributed by atoms with Crippen molar-refractivity contribution in [2.75, 3.05) is 13.1 Å². The van der Waals surface area contributed by atoms with Crippen LogP contribution in [-0.4, -0.2) is 67.2 Å². The smallest absolute Gasteiger partial charge is 0.322 e. The van der Waals surface area contributed by atoms with Crippen molar-refractivity contribution in [3.63, 3.8) is 0 Å². The molecule has 2 heterocycles. The Morgan fingerprint density at radius 2 is 1.37 bits per heavy atom. The van der Waals surface area contributed by atoms with Crippen molar-refractivity contribution in [1.29, 1.82) is 0 Å². The molecule has 13 nitrogen and oxygen atoms in total. The minimum atomic E-state index is -1.21. The van der Waals surface area contributed by atoms with Crippen molar-refractivity contribution in [2.24, 2.45) is 0 Å². The largest absolute Gasteiger partial charge is 0.507 e. The van der Waals surface area contributed by atoms with Crippen LogP contribution in [0.4, 0.5) is 4.39 Å². The summed E-state index contributed by atoms with van der Waals surface area (Å²) >= 11 is 0. The standard InChI is InChI=1S/C19H15FN2O5.C19H16N2O4/c1-10-15-8-13(27-12-4-2-11(20)3-5-12)6-7-14(15)18(25)17(22-10)19(26)21-9-16(23)24;1-11-6-7-14(15(22)8-11)17-13-5-3-2-4-12(13)9-20-18(17)19(25)21-10-16(23)24/h2-8,25H,9H2,1H3,(H,21,26)(H,23,24);2-9,22H,10H2,1H3,(H,21,25)(H,23,24). The Kier molecular flexibility index (Phi) is 10.9. The van der Waals surface area contributed by atoms with Gasteiger partial charge in [0.2, 0.25) is 0 Å². The molecule has 0 bridgehead atoms. The summed E-state index contributed by atoms with van der Waals surface area (Å²) in [5, 5.41) is 45.1. The number of aromatic nitrogens is 2. The fraction of sp³-hybridized carbons (Fsp3) is 0.105. The molecule has 6 aromatic rings. The van der Waals surface area contributed by atoms with Crippen molar-refractivity contribution in [3.8, 4) is 34.1 Å². The van der Waals surface area contributed by atoms with Crippen molar-refractivity contribution in [2.45, 2.75) is 13.8 Å². The first kappa shape index (κ1) is 36.2. The van der Waals surface area contributed by atoms with Crippen molar-refractivity contribution < 1.29 is 48.7 Å². The molecule has 6 rings (SSSR count). The highest BCUT2D eigenvalue weighted by Crippen LogP contribution is 2.37. The van der Waals surface area contributed by atoms with Gasteiger partial charge in [-0.1, -0.05) is 36.4 Å². The lowest BCUT2D eigenvalue weighted by molar-refractivity contribution is -0.136. The molecule has 6 N–H and O–H groups in total. The SMILES string of the molecule is Cc1ccc(-c2c(C(=O)NCC(=O)O)ncc3ccccc23)c(O)c1.Cc1nc(C(=O)NCC(=O)O)c(O)c2ccc(Oc3ccc(F)cc3)cc12. The molecule has 4 aromatic carbocycles. The lowest BCUT2D eigenvalue weighted by Gasteiger charge is -2.14. The first-order valence-electron chi connectivity index (χ1n) is 15.6. The van der Waals surface area contributed by atoms with Crippen molar-refractivity contribution in [3.05, 3.63) is 120 Å². The van der Waals surface area contributed by atoms with Gasteiger partial charge in [-0.15, -0.1) is 0 Å². The summed E-state index contributed by atoms with van der Waals surface area (Å²) in [6, 6.07) is 22.8. The van der Waals surface area contributed by atoms with Crippen LogP contribution >= 0.6 is 0 Å². The molecule has 0 radical (unpaired) electrons. The van der Waals surface area contributed by atoms with Gasteiger partial charge < -0.3 is 35.8 Å². The van der Waals surface area contributed by atoms with E-state index in [-0.39, 0.29) is 28.7 Å². The summed E-state index contributed by atoms with van der Waals surface area (Å²) in [6.07, 6.45) is 1.56. The number of carbonyl (C=O) groups excluding carboxylic acids is 2. The zero-order valence-electron chi connectivity index (χ0n) is 27.7. The number of aromatic hydroxyl groups is 2. The molecule has 0 saturated heterocycles. The Balaban J connectivity index is 0.000000202. The summed E-state index contributed by atoms with van der Waals surface area (Å²) in [7, 11) is 0. The van der Waals surface area contributed by atoms with E-state index in [0.717, 1.165) is 16.3 Å². The van der Waals surface area contributed by atoms with E-state index in [1.807, 2.05) is 37.3 Å². The third-order valence-corrected chi connectivity index (χ3v) is 7.64. The Bertz CT molecular complexity index is 2350. The summed E-state index contributed by atoms with van der Waals surface area (Å²) in [4.78, 5) is 54.1. The number of phenols is 1. The predicted octanol–water partition coefficient (Wildman–Crippen LogP) is 5.72. The van der Waals surface area contributed by atoms with Crippen LogP contribution in [-0.2, 0) is 9.59 Å². The van der Waals surface area contributed by atoms with Gasteiger partial charge >= 0.3 is 11.9 Å². The molecule has 0 fully saturated rings. The molecular formula is C38H31FN4O9. The van der Waals surface area contributed by atoms with E-state index < -0.39 is 36.8 Å². The highest BCUT2D eigenvalue weighted by atomic mass is 19.1. The molecule has 52 heavy (non-hydrogen) atoms. The van der Waals surface area contributed by atoms with E-state index in [9.17, 15) is 33.8 Å². The second-order valence-electron chi connectivity index (χ2n) is 11.4. The molecule has 0 unspecified atom stereocenters. The summed E-state index contributed by atoms with van der Waals surface area (Å²) in [5.74, 6) is -3.56. The summed E-state index contributed by atoms with van der Waals surface area (Å²) in [6.45, 7) is 2.41. The normalized spacial score (nSPS) is 10.6. The molecule has 2 amide bonds. The number of hydrogen-bond acceptors (Lipinski definition) is 9. The highest BCUT2D eigenvalue weighted by molar-refractivity contribution is 6.09. The topological polar surface area (TPSA) is 208 Å². The average molecular weight is 707 g/mol. The number of ether oxygens (including phenoxy) is 1. The van der Waals surface area contributed by atoms with Crippen LogP contribution in [0.5, 0.6) is 23.0 Å². The van der Waals surface area contributed by atoms with Crippen molar-refractivity contribution >= 4 is 45.3 Å². The molecule has 0 spiro atoms. The number of amides is 2. The van der Waals surface area contributed by atoms with Crippen LogP contribution in [0.2, 0.25) is 0 Å². The predicted molar refractivity (Wildman–Crippen MR) is 188 cm³/mol. The van der Waals surface area contributed by atoms with E-state index >= 15 is 0 Å². The number of hydrogen-bond donors (Lipinski definition) is 6. The van der Waals surface area contributed by atoms with Crippen LogP contribution in [0.15, 0.2) is 91.1 Å². The van der Waals surface area contributed by atoms with Gasteiger partial charge in [-0.25, -0.2) is 14.4 Å². The number of phenolic OH excluding ortho intramolecular Hbond substituents is 1. The minimum absolute atomic E-state index is 0.0328. The third-order valence-electron chi connectivity index (χ3n) is 7.64. The molecule has 0 atom stereocenters. The molecule has 264 valence electrons. The van der Waals surface area contributed by atoms with Gasteiger partial charge in [-0.3, -0.25) is 19.2 Å². The number of pyridine rings is 2. The number of nitrogens with one attached hydrogen (secondary N) is 2. The highest BCUT2D eigenvalue weighted by Gasteiger charge is 2.21. The van der Waals surface area contributed by atoms with Crippen LogP contribution in [0.25, 0.3) is 32.7 Å². The van der Waals surface area contributed by atoms with Gasteiger partial charge in [-0.05, 0) is 73.3 Å². The quantitative estimate of drug-likeness (QED) is 0.107. The number of rotatable bonds is 9. The number of carboxylic acids is 2. The van der Waals surface area contributed by atoms with Crippen LogP contribution < -0.4 is 15.4 Å². The number of benzene rings is 4. The number of fused-ring (bicyclic) bond motifs is 2. The van der Waals surface area contributed by atoms with Crippen LogP contribution in [0, 0.1) is 19.7 Å². The van der Waals surface area contributed by atoms with Gasteiger partial charge in [0.15, 0.2) is 11.4 Å². The Morgan fingerprint density at radius 3 is 2.02 bits per heavy atom. The first-order valence-corrected chi connectivity index (χ1v) is 15.6. The average Bonchev–Trinajstić information content (AvgIpc) is 3.12. The van der Waals surface area contributed by atoms with Gasteiger partial charge in [0.05, 0.1) is 0 Å². The fourth-order valence-electron chi connectivity index (χ4n) is 5.24. The Morgan fingerprint density at radius 1 is 0.731 bits per heavy atom. The van der Waals surface area contributed by atoms with Gasteiger partial charge in [-0.2, -0.15) is 0 Å². The third kappa shape index (κ3) is 8.37. The second kappa shape index (κ2) is 15.6. The molecule has 14 heteroatoms. The van der Waals surface area contributed by atoms with Gasteiger partial charge in [0, 0.05) is 39.2 Å². The number of aliphatic carboxylic acids is 2. The Hall–Kier alpha value is -7.09. The van der Waals surface area contributed by atoms with Crippen LogP contribution in [0.1, 0.15) is 32.2 Å². The molecule has 2 aromatic heterocycles. The summed E-state index contributed by atoms with van der Waals surface area (Å²) < 4.78 is 18.6. The van der Waals surface area contributed by atoms with E-state index in [4.69, 9.17) is 14.9 Å². The lowest BCUT2D eigenvalue weighted by atomic mass is 9.95. The van der Waals surface area contributed by atoms with E-state index in [1.54, 1.807) is 43.5 Å². The molecule has 0 saturated carbocycles. The minimum Gasteiger partial charge on any atom is -0.507 e. The zero-order valence-corrected chi connectivity index (χ0v) is 27.7. The fourth-order valence-corrected chi connectivity index (χ4v) is 5.24. The molecular weight excluding hydrogens is 675 g/mol. The maximum atomic E-state index is 13.0. The first-order chi connectivity index (χ1) is 24.8. The number of carbonyl (C=O) groups is 4.